The maximum Gasteiger partial charge on any atom is 0.108 e. The van der Waals surface area contributed by atoms with Crippen molar-refractivity contribution in [3.05, 3.63) is 54.2 Å². The number of benzene rings is 1. The Kier molecular flexibility index (Phi) is 4.43. The second kappa shape index (κ2) is 6.87. The maximum absolute atomic E-state index is 4.80. The Hall–Kier alpha value is -2.36. The summed E-state index contributed by atoms with van der Waals surface area (Å²) in [7, 11) is 0. The molecule has 1 unspecified atom stereocenters. The summed E-state index contributed by atoms with van der Waals surface area (Å²) in [5.74, 6) is 1.20. The van der Waals surface area contributed by atoms with E-state index in [2.05, 4.69) is 64.8 Å². The third kappa shape index (κ3) is 3.01. The van der Waals surface area contributed by atoms with E-state index in [4.69, 9.17) is 4.98 Å². The number of nitrogens with zero attached hydrogens (tertiary/aromatic N) is 4. The van der Waals surface area contributed by atoms with E-state index in [-0.39, 0.29) is 0 Å². The summed E-state index contributed by atoms with van der Waals surface area (Å²) in [6.45, 7) is 6.52. The number of anilines is 1. The monoisotopic (exact) mass is 334 g/mol. The van der Waals surface area contributed by atoms with Crippen molar-refractivity contribution in [2.75, 3.05) is 18.0 Å². The zero-order valence-corrected chi connectivity index (χ0v) is 15.2. The van der Waals surface area contributed by atoms with Gasteiger partial charge in [-0.05, 0) is 31.4 Å². The number of piperidine rings is 1. The van der Waals surface area contributed by atoms with E-state index >= 15 is 0 Å². The Morgan fingerprint density at radius 3 is 2.88 bits per heavy atom. The standard InChI is InChI=1S/C21H26N4/c1-3-16-14-20(18-9-5-6-10-19(18)23-16)24-12-7-8-17(15-24)25-13-11-22-21(25)4-2/h5-6,9-11,13-14,17H,3-4,7-8,12,15H2,1-2H3. The van der Waals surface area contributed by atoms with Crippen LogP contribution in [-0.4, -0.2) is 27.6 Å². The van der Waals surface area contributed by atoms with Gasteiger partial charge in [0.25, 0.3) is 0 Å². The highest BCUT2D eigenvalue weighted by Crippen LogP contribution is 2.32. The van der Waals surface area contributed by atoms with Crippen molar-refractivity contribution < 1.29 is 0 Å². The van der Waals surface area contributed by atoms with Crippen LogP contribution in [0.1, 0.15) is 44.2 Å². The number of para-hydroxylation sites is 1. The van der Waals surface area contributed by atoms with E-state index in [1.165, 1.54) is 35.4 Å². The first-order chi connectivity index (χ1) is 12.3. The van der Waals surface area contributed by atoms with Crippen molar-refractivity contribution in [2.45, 2.75) is 45.6 Å². The molecule has 4 rings (SSSR count). The smallest absolute Gasteiger partial charge is 0.108 e. The summed E-state index contributed by atoms with van der Waals surface area (Å²) in [5, 5.41) is 1.27. The van der Waals surface area contributed by atoms with Crippen LogP contribution in [0.25, 0.3) is 10.9 Å². The Labute approximate surface area is 149 Å². The summed E-state index contributed by atoms with van der Waals surface area (Å²) in [5.41, 5.74) is 3.62. The van der Waals surface area contributed by atoms with Gasteiger partial charge in [-0.25, -0.2) is 4.98 Å². The average Bonchev–Trinajstić information content (AvgIpc) is 3.16. The zero-order valence-electron chi connectivity index (χ0n) is 15.2. The van der Waals surface area contributed by atoms with E-state index in [1.807, 2.05) is 6.20 Å². The topological polar surface area (TPSA) is 34.0 Å². The van der Waals surface area contributed by atoms with Crippen molar-refractivity contribution in [3.63, 3.8) is 0 Å². The molecule has 1 saturated heterocycles. The lowest BCUT2D eigenvalue weighted by Crippen LogP contribution is -2.37. The van der Waals surface area contributed by atoms with Gasteiger partial charge in [0.2, 0.25) is 0 Å². The van der Waals surface area contributed by atoms with Gasteiger partial charge in [-0.1, -0.05) is 32.0 Å². The molecule has 4 heteroatoms. The van der Waals surface area contributed by atoms with Crippen LogP contribution >= 0.6 is 0 Å². The number of hydrogen-bond acceptors (Lipinski definition) is 3. The normalized spacial score (nSPS) is 18.0. The maximum atomic E-state index is 4.80. The summed E-state index contributed by atoms with van der Waals surface area (Å²) >= 11 is 0. The molecule has 130 valence electrons. The molecule has 1 aliphatic heterocycles. The second-order valence-electron chi connectivity index (χ2n) is 6.85. The molecule has 3 aromatic rings. The van der Waals surface area contributed by atoms with Crippen molar-refractivity contribution in [3.8, 4) is 0 Å². The summed E-state index contributed by atoms with van der Waals surface area (Å²) in [6, 6.07) is 11.3. The van der Waals surface area contributed by atoms with Gasteiger partial charge >= 0.3 is 0 Å². The highest BCUT2D eigenvalue weighted by molar-refractivity contribution is 5.92. The lowest BCUT2D eigenvalue weighted by Gasteiger charge is -2.36. The molecule has 0 amide bonds. The molecule has 2 aromatic heterocycles. The van der Waals surface area contributed by atoms with Crippen molar-refractivity contribution in [1.82, 2.24) is 14.5 Å². The molecule has 25 heavy (non-hydrogen) atoms. The van der Waals surface area contributed by atoms with Crippen LogP contribution in [0.4, 0.5) is 5.69 Å². The lowest BCUT2D eigenvalue weighted by atomic mass is 10.0. The van der Waals surface area contributed by atoms with E-state index in [1.54, 1.807) is 0 Å². The van der Waals surface area contributed by atoms with Gasteiger partial charge in [0.05, 0.1) is 11.6 Å². The first-order valence-corrected chi connectivity index (χ1v) is 9.45. The number of imidazole rings is 1. The molecule has 0 radical (unpaired) electrons. The van der Waals surface area contributed by atoms with E-state index in [0.29, 0.717) is 6.04 Å². The lowest BCUT2D eigenvalue weighted by molar-refractivity contribution is 0.396. The van der Waals surface area contributed by atoms with Crippen molar-refractivity contribution >= 4 is 16.6 Å². The highest BCUT2D eigenvalue weighted by Gasteiger charge is 2.24. The van der Waals surface area contributed by atoms with Crippen LogP contribution in [0.3, 0.4) is 0 Å². The van der Waals surface area contributed by atoms with Crippen molar-refractivity contribution in [1.29, 1.82) is 0 Å². The largest absolute Gasteiger partial charge is 0.369 e. The Morgan fingerprint density at radius 2 is 2.04 bits per heavy atom. The first kappa shape index (κ1) is 16.1. The Morgan fingerprint density at radius 1 is 1.16 bits per heavy atom. The Balaban J connectivity index is 1.71. The number of hydrogen-bond donors (Lipinski definition) is 0. The van der Waals surface area contributed by atoms with Crippen LogP contribution in [0, 0.1) is 0 Å². The SMILES string of the molecule is CCc1cc(N2CCCC(n3ccnc3CC)C2)c2ccccc2n1. The van der Waals surface area contributed by atoms with Gasteiger partial charge in [-0.2, -0.15) is 0 Å². The number of aryl methyl sites for hydroxylation is 2. The molecule has 1 atom stereocenters. The minimum absolute atomic E-state index is 0.503. The van der Waals surface area contributed by atoms with Gasteiger partial charge in [0.1, 0.15) is 5.82 Å². The van der Waals surface area contributed by atoms with Crippen LogP contribution < -0.4 is 4.90 Å². The van der Waals surface area contributed by atoms with Gasteiger partial charge in [0.15, 0.2) is 0 Å². The van der Waals surface area contributed by atoms with Gasteiger partial charge in [0, 0.05) is 48.7 Å². The molecule has 0 saturated carbocycles. The molecular weight excluding hydrogens is 308 g/mol. The molecule has 4 nitrogen and oxygen atoms in total. The highest BCUT2D eigenvalue weighted by atomic mass is 15.2. The second-order valence-corrected chi connectivity index (χ2v) is 6.85. The minimum atomic E-state index is 0.503. The molecule has 1 fully saturated rings. The zero-order chi connectivity index (χ0) is 17.2. The predicted molar refractivity (Wildman–Crippen MR) is 103 cm³/mol. The summed E-state index contributed by atoms with van der Waals surface area (Å²) in [6.07, 6.45) is 8.48. The fraction of sp³-hybridized carbons (Fsp3) is 0.429. The molecular formula is C21H26N4. The minimum Gasteiger partial charge on any atom is -0.369 e. The average molecular weight is 334 g/mol. The van der Waals surface area contributed by atoms with E-state index in [9.17, 15) is 0 Å². The molecule has 1 aliphatic rings. The van der Waals surface area contributed by atoms with Gasteiger partial charge in [-0.3, -0.25) is 4.98 Å². The summed E-state index contributed by atoms with van der Waals surface area (Å²) < 4.78 is 2.39. The van der Waals surface area contributed by atoms with E-state index in [0.717, 1.165) is 31.4 Å². The first-order valence-electron chi connectivity index (χ1n) is 9.45. The molecule has 0 spiro atoms. The molecule has 3 heterocycles. The summed E-state index contributed by atoms with van der Waals surface area (Å²) in [4.78, 5) is 11.9. The van der Waals surface area contributed by atoms with Crippen LogP contribution in [0.15, 0.2) is 42.7 Å². The molecule has 0 aliphatic carbocycles. The van der Waals surface area contributed by atoms with Crippen LogP contribution in [0.2, 0.25) is 0 Å². The molecule has 1 aromatic carbocycles. The number of aromatic nitrogens is 3. The van der Waals surface area contributed by atoms with Crippen molar-refractivity contribution in [2.24, 2.45) is 0 Å². The number of pyridine rings is 1. The van der Waals surface area contributed by atoms with Crippen LogP contribution in [0.5, 0.6) is 0 Å². The molecule has 0 bridgehead atoms. The van der Waals surface area contributed by atoms with Gasteiger partial charge in [-0.15, -0.1) is 0 Å². The fourth-order valence-electron chi connectivity index (χ4n) is 4.00. The quantitative estimate of drug-likeness (QED) is 0.709. The third-order valence-electron chi connectivity index (χ3n) is 5.31. The fourth-order valence-corrected chi connectivity index (χ4v) is 4.00. The Bertz CT molecular complexity index is 867. The number of rotatable bonds is 4. The van der Waals surface area contributed by atoms with Crippen LogP contribution in [-0.2, 0) is 12.8 Å². The number of fused-ring (bicyclic) bond motifs is 1. The van der Waals surface area contributed by atoms with Gasteiger partial charge < -0.3 is 9.47 Å². The van der Waals surface area contributed by atoms with E-state index < -0.39 is 0 Å². The third-order valence-corrected chi connectivity index (χ3v) is 5.31. The molecule has 0 N–H and O–H groups in total. The predicted octanol–water partition coefficient (Wildman–Crippen LogP) is 4.40.